The third kappa shape index (κ3) is 4.76. The number of carbonyl (C=O) groups is 1. The predicted molar refractivity (Wildman–Crippen MR) is 106 cm³/mol. The van der Waals surface area contributed by atoms with Gasteiger partial charge in [-0.2, -0.15) is 10.2 Å². The average Bonchev–Trinajstić information content (AvgIpc) is 3.28. The minimum atomic E-state index is -2.66. The highest BCUT2D eigenvalue weighted by Crippen LogP contribution is 2.41. The van der Waals surface area contributed by atoms with Crippen LogP contribution in [0, 0.1) is 0 Å². The van der Waals surface area contributed by atoms with Gasteiger partial charge in [-0.15, -0.1) is 0 Å². The van der Waals surface area contributed by atoms with Crippen LogP contribution < -0.4 is 5.32 Å². The number of aromatic nitrogens is 4. The number of nitrogens with one attached hydrogen (secondary N) is 1. The lowest BCUT2D eigenvalue weighted by Crippen LogP contribution is -2.20. The van der Waals surface area contributed by atoms with Crippen LogP contribution in [0.5, 0.6) is 0 Å². The largest absolute Gasteiger partial charge is 0.322 e. The lowest BCUT2D eigenvalue weighted by Gasteiger charge is -2.07. The number of carbonyl (C=O) groups excluding carboxylic acids is 1. The summed E-state index contributed by atoms with van der Waals surface area (Å²) in [5.74, 6) is -0.151. The van der Waals surface area contributed by atoms with E-state index in [-0.39, 0.29) is 24.1 Å². The average molecular weight is 440 g/mol. The van der Waals surface area contributed by atoms with Crippen molar-refractivity contribution in [3.63, 3.8) is 0 Å². The second kappa shape index (κ2) is 8.12. The molecule has 0 aliphatic heterocycles. The van der Waals surface area contributed by atoms with E-state index in [4.69, 9.17) is 23.2 Å². The molecule has 2 heterocycles. The summed E-state index contributed by atoms with van der Waals surface area (Å²) in [6.45, 7) is 0.325. The Morgan fingerprint density at radius 1 is 1.24 bits per heavy atom. The molecule has 1 aromatic carbocycles. The zero-order valence-corrected chi connectivity index (χ0v) is 16.7. The molecule has 1 aliphatic rings. The minimum absolute atomic E-state index is 0.128. The number of halogens is 4. The molecule has 1 saturated carbocycles. The number of nitrogens with zero attached hydrogens (tertiary/aromatic N) is 4. The van der Waals surface area contributed by atoms with Crippen molar-refractivity contribution in [3.8, 4) is 0 Å². The standard InChI is InChI=1S/C19H17Cl2F2N5O/c20-14-4-1-11(5-15(14)21)8-27-9-13(7-24-27)25-18(29)10-28-17(12-2-3-12)6-16(26-28)19(22)23/h1,4-7,9,12,19H,2-3,8,10H2,(H,25,29). The maximum absolute atomic E-state index is 13.0. The Hall–Kier alpha value is -2.45. The smallest absolute Gasteiger partial charge is 0.282 e. The highest BCUT2D eigenvalue weighted by atomic mass is 35.5. The van der Waals surface area contributed by atoms with Crippen LogP contribution in [0.4, 0.5) is 14.5 Å². The Labute approximate surface area is 175 Å². The Balaban J connectivity index is 1.40. The highest BCUT2D eigenvalue weighted by Gasteiger charge is 2.30. The molecule has 1 N–H and O–H groups in total. The first-order valence-corrected chi connectivity index (χ1v) is 9.76. The molecule has 29 heavy (non-hydrogen) atoms. The van der Waals surface area contributed by atoms with Crippen LogP contribution in [0.2, 0.25) is 10.0 Å². The Morgan fingerprint density at radius 3 is 2.72 bits per heavy atom. The predicted octanol–water partition coefficient (Wildman–Crippen LogP) is 4.89. The van der Waals surface area contributed by atoms with Crippen LogP contribution in [0.3, 0.4) is 0 Å². The third-order valence-electron chi connectivity index (χ3n) is 4.59. The molecule has 0 atom stereocenters. The van der Waals surface area contributed by atoms with Gasteiger partial charge in [0.1, 0.15) is 12.2 Å². The molecule has 0 saturated heterocycles. The SMILES string of the molecule is O=C(Cn1nc(C(F)F)cc1C1CC1)Nc1cnn(Cc2ccc(Cl)c(Cl)c2)c1. The Kier molecular flexibility index (Phi) is 5.56. The van der Waals surface area contributed by atoms with Crippen molar-refractivity contribution in [2.75, 3.05) is 5.32 Å². The molecule has 1 amide bonds. The summed E-state index contributed by atoms with van der Waals surface area (Å²) in [5, 5.41) is 11.8. The van der Waals surface area contributed by atoms with Crippen molar-refractivity contribution >= 4 is 34.8 Å². The van der Waals surface area contributed by atoms with Gasteiger partial charge in [0.25, 0.3) is 6.43 Å². The van der Waals surface area contributed by atoms with Gasteiger partial charge in [0.05, 0.1) is 28.5 Å². The van der Waals surface area contributed by atoms with E-state index in [9.17, 15) is 13.6 Å². The molecule has 1 fully saturated rings. The van der Waals surface area contributed by atoms with Gasteiger partial charge in [-0.05, 0) is 36.6 Å². The summed E-state index contributed by atoms with van der Waals surface area (Å²) in [7, 11) is 0. The van der Waals surface area contributed by atoms with Crippen molar-refractivity contribution < 1.29 is 13.6 Å². The van der Waals surface area contributed by atoms with Gasteiger partial charge in [-0.1, -0.05) is 29.3 Å². The topological polar surface area (TPSA) is 64.7 Å². The Morgan fingerprint density at radius 2 is 2.03 bits per heavy atom. The quantitative estimate of drug-likeness (QED) is 0.569. The molecule has 3 aromatic rings. The highest BCUT2D eigenvalue weighted by molar-refractivity contribution is 6.42. The normalized spacial score (nSPS) is 13.8. The van der Waals surface area contributed by atoms with Gasteiger partial charge in [-0.3, -0.25) is 14.2 Å². The molecule has 0 bridgehead atoms. The number of amides is 1. The molecule has 0 radical (unpaired) electrons. The van der Waals surface area contributed by atoms with Gasteiger partial charge in [-0.25, -0.2) is 8.78 Å². The van der Waals surface area contributed by atoms with E-state index in [1.807, 2.05) is 6.07 Å². The van der Waals surface area contributed by atoms with Crippen LogP contribution in [0.1, 0.15) is 42.1 Å². The molecule has 2 aromatic heterocycles. The van der Waals surface area contributed by atoms with Gasteiger partial charge < -0.3 is 5.32 Å². The van der Waals surface area contributed by atoms with Crippen molar-refractivity contribution in [1.29, 1.82) is 0 Å². The van der Waals surface area contributed by atoms with E-state index in [0.717, 1.165) is 18.4 Å². The zero-order valence-electron chi connectivity index (χ0n) is 15.2. The number of benzene rings is 1. The first-order chi connectivity index (χ1) is 13.9. The second-order valence-corrected chi connectivity index (χ2v) is 7.76. The lowest BCUT2D eigenvalue weighted by molar-refractivity contribution is -0.117. The van der Waals surface area contributed by atoms with Crippen LogP contribution in [0.25, 0.3) is 0 Å². The molecule has 1 aliphatic carbocycles. The first-order valence-electron chi connectivity index (χ1n) is 9.01. The van der Waals surface area contributed by atoms with Gasteiger partial charge in [0.15, 0.2) is 0 Å². The van der Waals surface area contributed by atoms with Crippen molar-refractivity contribution in [3.05, 3.63) is 63.7 Å². The van der Waals surface area contributed by atoms with E-state index in [2.05, 4.69) is 15.5 Å². The fourth-order valence-corrected chi connectivity index (χ4v) is 3.39. The van der Waals surface area contributed by atoms with E-state index in [1.165, 1.54) is 16.9 Å². The number of alkyl halides is 2. The van der Waals surface area contributed by atoms with Crippen molar-refractivity contribution in [1.82, 2.24) is 19.6 Å². The maximum Gasteiger partial charge on any atom is 0.282 e. The van der Waals surface area contributed by atoms with Crippen LogP contribution >= 0.6 is 23.2 Å². The summed E-state index contributed by atoms with van der Waals surface area (Å²) in [4.78, 5) is 12.4. The number of rotatable bonds is 7. The molecule has 152 valence electrons. The van der Waals surface area contributed by atoms with Gasteiger partial charge in [0.2, 0.25) is 5.91 Å². The van der Waals surface area contributed by atoms with E-state index >= 15 is 0 Å². The molecular formula is C19H17Cl2F2N5O. The summed E-state index contributed by atoms with van der Waals surface area (Å²) < 4.78 is 28.9. The lowest BCUT2D eigenvalue weighted by atomic mass is 10.2. The number of hydrogen-bond donors (Lipinski definition) is 1. The third-order valence-corrected chi connectivity index (χ3v) is 5.33. The van der Waals surface area contributed by atoms with Crippen LogP contribution in [0.15, 0.2) is 36.7 Å². The molecule has 4 rings (SSSR count). The number of hydrogen-bond acceptors (Lipinski definition) is 3. The molecule has 10 heteroatoms. The fourth-order valence-electron chi connectivity index (χ4n) is 3.07. The maximum atomic E-state index is 13.0. The molecule has 6 nitrogen and oxygen atoms in total. The van der Waals surface area contributed by atoms with Crippen molar-refractivity contribution in [2.45, 2.75) is 38.3 Å². The zero-order chi connectivity index (χ0) is 20.5. The molecule has 0 unspecified atom stereocenters. The van der Waals surface area contributed by atoms with Gasteiger partial charge in [0, 0.05) is 17.8 Å². The summed E-state index contributed by atoms with van der Waals surface area (Å²) in [6, 6.07) is 6.69. The summed E-state index contributed by atoms with van der Waals surface area (Å²) in [5.41, 5.74) is 1.80. The second-order valence-electron chi connectivity index (χ2n) is 6.95. The summed E-state index contributed by atoms with van der Waals surface area (Å²) in [6.07, 6.45) is 2.40. The van der Waals surface area contributed by atoms with E-state index in [0.29, 0.717) is 28.0 Å². The first kappa shape index (κ1) is 19.8. The Bertz CT molecular complexity index is 1050. The van der Waals surface area contributed by atoms with Crippen molar-refractivity contribution in [2.24, 2.45) is 0 Å². The molecule has 0 spiro atoms. The minimum Gasteiger partial charge on any atom is -0.322 e. The summed E-state index contributed by atoms with van der Waals surface area (Å²) >= 11 is 11.9. The number of anilines is 1. The van der Waals surface area contributed by atoms with Crippen LogP contribution in [-0.4, -0.2) is 25.5 Å². The van der Waals surface area contributed by atoms with E-state index < -0.39 is 6.43 Å². The molecular weight excluding hydrogens is 423 g/mol. The monoisotopic (exact) mass is 439 g/mol. The van der Waals surface area contributed by atoms with E-state index in [1.54, 1.807) is 23.0 Å². The van der Waals surface area contributed by atoms with Gasteiger partial charge >= 0.3 is 0 Å². The van der Waals surface area contributed by atoms with Crippen LogP contribution in [-0.2, 0) is 17.9 Å². The fraction of sp³-hybridized carbons (Fsp3) is 0.316.